The second-order valence-corrected chi connectivity index (χ2v) is 8.41. The van der Waals surface area contributed by atoms with Gasteiger partial charge in [-0.25, -0.2) is 4.99 Å². The van der Waals surface area contributed by atoms with E-state index < -0.39 is 0 Å². The molecule has 1 aromatic carbocycles. The fourth-order valence-electron chi connectivity index (χ4n) is 4.02. The molecule has 0 spiro atoms. The van der Waals surface area contributed by atoms with Crippen molar-refractivity contribution in [3.05, 3.63) is 29.8 Å². The summed E-state index contributed by atoms with van der Waals surface area (Å²) in [5.41, 5.74) is 1.16. The Kier molecular flexibility index (Phi) is 5.86. The van der Waals surface area contributed by atoms with Gasteiger partial charge in [0.05, 0.1) is 13.2 Å². The van der Waals surface area contributed by atoms with Gasteiger partial charge in [-0.2, -0.15) is 0 Å². The lowest BCUT2D eigenvalue weighted by molar-refractivity contribution is 0.256. The molecule has 5 heteroatoms. The number of hydrogen-bond acceptors (Lipinski definition) is 3. The number of aliphatic imine (C=N–C) groups is 1. The number of ether oxygens (including phenoxy) is 1. The minimum atomic E-state index is 0.486. The molecule has 2 atom stereocenters. The third-order valence-corrected chi connectivity index (χ3v) is 5.88. The normalized spacial score (nSPS) is 26.2. The van der Waals surface area contributed by atoms with Gasteiger partial charge in [0, 0.05) is 36.8 Å². The number of para-hydroxylation sites is 1. The summed E-state index contributed by atoms with van der Waals surface area (Å²) in [4.78, 5) is 7.53. The molecule has 2 unspecified atom stereocenters. The van der Waals surface area contributed by atoms with E-state index in [2.05, 4.69) is 47.6 Å². The van der Waals surface area contributed by atoms with Crippen molar-refractivity contribution in [3.8, 4) is 5.75 Å². The summed E-state index contributed by atoms with van der Waals surface area (Å²) in [6.45, 7) is 7.98. The molecule has 0 bridgehead atoms. The van der Waals surface area contributed by atoms with E-state index in [-0.39, 0.29) is 0 Å². The van der Waals surface area contributed by atoms with Crippen LogP contribution in [0.25, 0.3) is 0 Å². The molecular weight excluding hydrogens is 336 g/mol. The highest BCUT2D eigenvalue weighted by Gasteiger charge is 2.38. The third-order valence-electron chi connectivity index (χ3n) is 5.88. The van der Waals surface area contributed by atoms with Crippen LogP contribution in [0.4, 0.5) is 0 Å². The van der Waals surface area contributed by atoms with Crippen LogP contribution in [0.15, 0.2) is 29.3 Å². The summed E-state index contributed by atoms with van der Waals surface area (Å²) in [5.74, 6) is 2.67. The molecule has 148 valence electrons. The number of nitrogens with one attached hydrogen (secondary N) is 2. The van der Waals surface area contributed by atoms with Gasteiger partial charge in [0.2, 0.25) is 0 Å². The zero-order valence-electron chi connectivity index (χ0n) is 16.8. The van der Waals surface area contributed by atoms with Gasteiger partial charge in [0.25, 0.3) is 0 Å². The zero-order chi connectivity index (χ0) is 18.6. The first kappa shape index (κ1) is 18.6. The predicted molar refractivity (Wildman–Crippen MR) is 110 cm³/mol. The second kappa shape index (κ2) is 8.51. The summed E-state index contributed by atoms with van der Waals surface area (Å²) in [7, 11) is 0. The minimum Gasteiger partial charge on any atom is -0.493 e. The molecule has 4 rings (SSSR count). The second-order valence-electron chi connectivity index (χ2n) is 8.41. The smallest absolute Gasteiger partial charge is 0.191 e. The van der Waals surface area contributed by atoms with Gasteiger partial charge in [-0.3, -0.25) is 4.90 Å². The van der Waals surface area contributed by atoms with Crippen molar-refractivity contribution in [1.82, 2.24) is 15.5 Å². The molecule has 0 amide bonds. The summed E-state index contributed by atoms with van der Waals surface area (Å²) in [6, 6.07) is 10.3. The fraction of sp³-hybridized carbons (Fsp3) is 0.682. The molecule has 2 N–H and O–H groups in total. The lowest BCUT2D eigenvalue weighted by atomic mass is 10.2. The van der Waals surface area contributed by atoms with Crippen molar-refractivity contribution in [1.29, 1.82) is 0 Å². The average Bonchev–Trinajstić information content (AvgIpc) is 3.58. The van der Waals surface area contributed by atoms with E-state index in [4.69, 9.17) is 9.73 Å². The highest BCUT2D eigenvalue weighted by atomic mass is 16.5. The van der Waals surface area contributed by atoms with Crippen molar-refractivity contribution in [2.24, 2.45) is 10.9 Å². The number of likely N-dealkylation sites (tertiary alicyclic amines) is 1. The molecule has 3 aliphatic rings. The Morgan fingerprint density at radius 3 is 2.78 bits per heavy atom. The standard InChI is InChI=1S/C22H34N4O/c1-3-23-22(25-19-12-16(2)26(14-19)20-10-11-20)24-13-18-6-4-5-7-21(18)27-15-17-8-9-17/h4-7,16-17,19-20H,3,8-15H2,1-2H3,(H2,23,24,25). The van der Waals surface area contributed by atoms with E-state index in [0.717, 1.165) is 48.9 Å². The lowest BCUT2D eigenvalue weighted by Crippen LogP contribution is -2.44. The zero-order valence-corrected chi connectivity index (χ0v) is 16.8. The van der Waals surface area contributed by atoms with Gasteiger partial charge in [-0.05, 0) is 57.9 Å². The third kappa shape index (κ3) is 5.16. The lowest BCUT2D eigenvalue weighted by Gasteiger charge is -2.20. The summed E-state index contributed by atoms with van der Waals surface area (Å²) < 4.78 is 6.03. The van der Waals surface area contributed by atoms with Gasteiger partial charge in [0.15, 0.2) is 5.96 Å². The Morgan fingerprint density at radius 2 is 2.04 bits per heavy atom. The van der Waals surface area contributed by atoms with E-state index in [1.807, 2.05) is 6.07 Å². The van der Waals surface area contributed by atoms with Crippen molar-refractivity contribution in [3.63, 3.8) is 0 Å². The SMILES string of the molecule is CCNC(=NCc1ccccc1OCC1CC1)NC1CC(C)N(C2CC2)C1. The Labute approximate surface area is 163 Å². The maximum absolute atomic E-state index is 6.03. The molecule has 3 fully saturated rings. The minimum absolute atomic E-state index is 0.486. The van der Waals surface area contributed by atoms with Gasteiger partial charge < -0.3 is 15.4 Å². The van der Waals surface area contributed by atoms with Crippen molar-refractivity contribution in [2.75, 3.05) is 19.7 Å². The summed E-state index contributed by atoms with van der Waals surface area (Å²) in [5, 5.41) is 7.08. The first-order valence-corrected chi connectivity index (χ1v) is 10.7. The van der Waals surface area contributed by atoms with Gasteiger partial charge in [-0.1, -0.05) is 18.2 Å². The van der Waals surface area contributed by atoms with Crippen molar-refractivity contribution < 1.29 is 4.74 Å². The van der Waals surface area contributed by atoms with Crippen molar-refractivity contribution in [2.45, 2.75) is 70.6 Å². The first-order valence-electron chi connectivity index (χ1n) is 10.7. The monoisotopic (exact) mass is 370 g/mol. The highest BCUT2D eigenvalue weighted by molar-refractivity contribution is 5.80. The number of rotatable bonds is 8. The summed E-state index contributed by atoms with van der Waals surface area (Å²) in [6.07, 6.45) is 6.58. The van der Waals surface area contributed by atoms with E-state index in [0.29, 0.717) is 18.6 Å². The molecule has 27 heavy (non-hydrogen) atoms. The van der Waals surface area contributed by atoms with Crippen LogP contribution in [0, 0.1) is 5.92 Å². The van der Waals surface area contributed by atoms with Crippen LogP contribution >= 0.6 is 0 Å². The maximum atomic E-state index is 6.03. The molecule has 1 aliphatic heterocycles. The van der Waals surface area contributed by atoms with Crippen LogP contribution in [-0.2, 0) is 6.54 Å². The van der Waals surface area contributed by atoms with Crippen LogP contribution in [0.2, 0.25) is 0 Å². The molecule has 1 heterocycles. The average molecular weight is 371 g/mol. The van der Waals surface area contributed by atoms with Gasteiger partial charge >= 0.3 is 0 Å². The Morgan fingerprint density at radius 1 is 1.22 bits per heavy atom. The molecule has 0 aromatic heterocycles. The first-order chi connectivity index (χ1) is 13.2. The van der Waals surface area contributed by atoms with Crippen LogP contribution in [0.3, 0.4) is 0 Å². The van der Waals surface area contributed by atoms with Crippen LogP contribution < -0.4 is 15.4 Å². The molecule has 1 aromatic rings. The van der Waals surface area contributed by atoms with Crippen LogP contribution in [0.5, 0.6) is 5.75 Å². The van der Waals surface area contributed by atoms with Crippen molar-refractivity contribution >= 4 is 5.96 Å². The van der Waals surface area contributed by atoms with E-state index in [9.17, 15) is 0 Å². The van der Waals surface area contributed by atoms with E-state index in [1.54, 1.807) is 0 Å². The van der Waals surface area contributed by atoms with Crippen LogP contribution in [-0.4, -0.2) is 48.7 Å². The summed E-state index contributed by atoms with van der Waals surface area (Å²) >= 11 is 0. The Balaban J connectivity index is 1.36. The predicted octanol–water partition coefficient (Wildman–Crippen LogP) is 3.16. The number of nitrogens with zero attached hydrogens (tertiary/aromatic N) is 2. The van der Waals surface area contributed by atoms with E-state index >= 15 is 0 Å². The quantitative estimate of drug-likeness (QED) is 0.545. The molecule has 2 aliphatic carbocycles. The molecule has 0 radical (unpaired) electrons. The largest absolute Gasteiger partial charge is 0.493 e. The number of hydrogen-bond donors (Lipinski definition) is 2. The maximum Gasteiger partial charge on any atom is 0.191 e. The van der Waals surface area contributed by atoms with Gasteiger partial charge in [-0.15, -0.1) is 0 Å². The van der Waals surface area contributed by atoms with Crippen LogP contribution in [0.1, 0.15) is 51.5 Å². The Bertz CT molecular complexity index is 653. The Hall–Kier alpha value is -1.75. The van der Waals surface area contributed by atoms with E-state index in [1.165, 1.54) is 32.1 Å². The molecule has 5 nitrogen and oxygen atoms in total. The molecule has 1 saturated heterocycles. The highest BCUT2D eigenvalue weighted by Crippen LogP contribution is 2.33. The number of guanidine groups is 1. The van der Waals surface area contributed by atoms with Gasteiger partial charge in [0.1, 0.15) is 5.75 Å². The fourth-order valence-corrected chi connectivity index (χ4v) is 4.02. The molecule has 2 saturated carbocycles. The molecular formula is C22H34N4O. The number of benzene rings is 1. The topological polar surface area (TPSA) is 48.9 Å².